The third kappa shape index (κ3) is 2.15. The minimum Gasteiger partial charge on any atom is -0.486 e. The number of aromatic nitrogens is 1. The van der Waals surface area contributed by atoms with Crippen molar-refractivity contribution < 1.29 is 9.66 Å². The second kappa shape index (κ2) is 3.72. The first kappa shape index (κ1) is 9.70. The number of nitro groups is 1. The fraction of sp³-hybridized carbons (Fsp3) is 0.444. The van der Waals surface area contributed by atoms with Gasteiger partial charge in [-0.05, 0) is 12.8 Å². The van der Waals surface area contributed by atoms with E-state index in [-0.39, 0.29) is 11.8 Å². The van der Waals surface area contributed by atoms with E-state index in [1.54, 1.807) is 7.05 Å². The molecule has 1 aliphatic carbocycles. The van der Waals surface area contributed by atoms with E-state index in [1.807, 2.05) is 0 Å². The maximum absolute atomic E-state index is 10.5. The highest BCUT2D eigenvalue weighted by atomic mass is 16.6. The fourth-order valence-electron chi connectivity index (χ4n) is 1.18. The third-order valence-corrected chi connectivity index (χ3v) is 2.10. The Morgan fingerprint density at radius 3 is 2.93 bits per heavy atom. The summed E-state index contributed by atoms with van der Waals surface area (Å²) in [6, 6.07) is 1.40. The van der Waals surface area contributed by atoms with Crippen LogP contribution in [0, 0.1) is 10.1 Å². The molecule has 6 nitrogen and oxygen atoms in total. The molecule has 1 heterocycles. The van der Waals surface area contributed by atoms with Gasteiger partial charge in [0.25, 0.3) is 5.69 Å². The van der Waals surface area contributed by atoms with Gasteiger partial charge in [0.15, 0.2) is 11.6 Å². The van der Waals surface area contributed by atoms with E-state index in [9.17, 15) is 10.1 Å². The molecule has 1 N–H and O–H groups in total. The predicted octanol–water partition coefficient (Wildman–Crippen LogP) is 1.57. The highest BCUT2D eigenvalue weighted by Crippen LogP contribution is 2.32. The molecule has 1 aliphatic rings. The Kier molecular flexibility index (Phi) is 2.40. The van der Waals surface area contributed by atoms with Gasteiger partial charge in [-0.1, -0.05) is 0 Å². The Bertz CT molecular complexity index is 390. The Morgan fingerprint density at radius 1 is 1.67 bits per heavy atom. The summed E-state index contributed by atoms with van der Waals surface area (Å²) in [7, 11) is 1.70. The van der Waals surface area contributed by atoms with Crippen LogP contribution in [0.1, 0.15) is 12.8 Å². The molecule has 80 valence electrons. The number of nitrogens with zero attached hydrogens (tertiary/aromatic N) is 2. The first-order valence-corrected chi connectivity index (χ1v) is 4.69. The fourth-order valence-corrected chi connectivity index (χ4v) is 1.18. The van der Waals surface area contributed by atoms with Crippen LogP contribution in [0.3, 0.4) is 0 Å². The molecule has 15 heavy (non-hydrogen) atoms. The van der Waals surface area contributed by atoms with E-state index in [2.05, 4.69) is 10.3 Å². The van der Waals surface area contributed by atoms with Crippen molar-refractivity contribution in [3.8, 4) is 5.75 Å². The van der Waals surface area contributed by atoms with Crippen LogP contribution >= 0.6 is 0 Å². The average Bonchev–Trinajstić information content (AvgIpc) is 3.01. The van der Waals surface area contributed by atoms with Crippen LogP contribution in [0.15, 0.2) is 12.3 Å². The first-order valence-electron chi connectivity index (χ1n) is 4.69. The largest absolute Gasteiger partial charge is 0.486 e. The van der Waals surface area contributed by atoms with Crippen LogP contribution in [0.4, 0.5) is 11.5 Å². The van der Waals surface area contributed by atoms with Crippen LogP contribution in [0.2, 0.25) is 0 Å². The molecule has 0 unspecified atom stereocenters. The molecule has 0 saturated heterocycles. The predicted molar refractivity (Wildman–Crippen MR) is 54.1 cm³/mol. The lowest BCUT2D eigenvalue weighted by Crippen LogP contribution is -2.03. The number of hydrogen-bond donors (Lipinski definition) is 1. The molecule has 0 bridgehead atoms. The molecule has 0 aromatic carbocycles. The van der Waals surface area contributed by atoms with Gasteiger partial charge in [-0.2, -0.15) is 0 Å². The number of hydrogen-bond acceptors (Lipinski definition) is 5. The summed E-state index contributed by atoms with van der Waals surface area (Å²) in [5.74, 6) is 0.988. The van der Waals surface area contributed by atoms with Gasteiger partial charge in [0, 0.05) is 7.05 Å². The van der Waals surface area contributed by atoms with Gasteiger partial charge in [0.1, 0.15) is 6.20 Å². The van der Waals surface area contributed by atoms with E-state index in [1.165, 1.54) is 12.3 Å². The van der Waals surface area contributed by atoms with Crippen molar-refractivity contribution >= 4 is 11.5 Å². The number of nitrogens with one attached hydrogen (secondary N) is 1. The number of ether oxygens (including phenoxy) is 1. The Hall–Kier alpha value is -1.85. The molecule has 1 aromatic heterocycles. The Balaban J connectivity index is 2.28. The highest BCUT2D eigenvalue weighted by Gasteiger charge is 2.25. The van der Waals surface area contributed by atoms with Gasteiger partial charge >= 0.3 is 0 Å². The Morgan fingerprint density at radius 2 is 2.40 bits per heavy atom. The molecule has 1 saturated carbocycles. The molecule has 0 radical (unpaired) electrons. The van der Waals surface area contributed by atoms with E-state index < -0.39 is 4.92 Å². The van der Waals surface area contributed by atoms with Crippen molar-refractivity contribution in [3.63, 3.8) is 0 Å². The smallest absolute Gasteiger partial charge is 0.291 e. The zero-order chi connectivity index (χ0) is 10.8. The lowest BCUT2D eigenvalue weighted by Gasteiger charge is -2.08. The summed E-state index contributed by atoms with van der Waals surface area (Å²) in [5.41, 5.74) is -0.0512. The zero-order valence-electron chi connectivity index (χ0n) is 8.27. The topological polar surface area (TPSA) is 77.3 Å². The SMILES string of the molecule is CNc1ncc([N+](=O)[O-])cc1OC1CC1. The molecular weight excluding hydrogens is 198 g/mol. The van der Waals surface area contributed by atoms with Crippen LogP contribution in [0.25, 0.3) is 0 Å². The first-order chi connectivity index (χ1) is 7.20. The van der Waals surface area contributed by atoms with Gasteiger partial charge in [-0.25, -0.2) is 4.98 Å². The summed E-state index contributed by atoms with van der Waals surface area (Å²) in [6.45, 7) is 0. The van der Waals surface area contributed by atoms with Gasteiger partial charge in [0.05, 0.1) is 17.1 Å². The lowest BCUT2D eigenvalue weighted by atomic mass is 10.4. The summed E-state index contributed by atoms with van der Waals surface area (Å²) < 4.78 is 5.51. The second-order valence-corrected chi connectivity index (χ2v) is 3.36. The van der Waals surface area contributed by atoms with Crippen molar-refractivity contribution in [1.29, 1.82) is 0 Å². The van der Waals surface area contributed by atoms with Crippen LogP contribution in [-0.2, 0) is 0 Å². The minimum atomic E-state index is -0.480. The van der Waals surface area contributed by atoms with Gasteiger partial charge in [-0.3, -0.25) is 10.1 Å². The minimum absolute atomic E-state index is 0.0512. The molecule has 2 rings (SSSR count). The van der Waals surface area contributed by atoms with E-state index >= 15 is 0 Å². The molecule has 1 aromatic rings. The van der Waals surface area contributed by atoms with E-state index in [0.29, 0.717) is 11.6 Å². The summed E-state index contributed by atoms with van der Waals surface area (Å²) in [5, 5.41) is 13.4. The molecule has 0 atom stereocenters. The van der Waals surface area contributed by atoms with Crippen molar-refractivity contribution in [2.45, 2.75) is 18.9 Å². The normalized spacial score (nSPS) is 14.7. The lowest BCUT2D eigenvalue weighted by molar-refractivity contribution is -0.385. The van der Waals surface area contributed by atoms with Crippen molar-refractivity contribution in [1.82, 2.24) is 4.98 Å². The van der Waals surface area contributed by atoms with E-state index in [4.69, 9.17) is 4.74 Å². The molecule has 0 amide bonds. The average molecular weight is 209 g/mol. The zero-order valence-corrected chi connectivity index (χ0v) is 8.27. The van der Waals surface area contributed by atoms with Crippen molar-refractivity contribution in [2.75, 3.05) is 12.4 Å². The molecule has 0 aliphatic heterocycles. The molecular formula is C9H11N3O3. The highest BCUT2D eigenvalue weighted by molar-refractivity contribution is 5.54. The quantitative estimate of drug-likeness (QED) is 0.601. The molecule has 1 fully saturated rings. The van der Waals surface area contributed by atoms with Crippen LogP contribution in [0.5, 0.6) is 5.75 Å². The maximum atomic E-state index is 10.5. The number of anilines is 1. The van der Waals surface area contributed by atoms with E-state index in [0.717, 1.165) is 12.8 Å². The molecule has 0 spiro atoms. The summed E-state index contributed by atoms with van der Waals surface area (Å²) in [4.78, 5) is 14.0. The molecule has 6 heteroatoms. The van der Waals surface area contributed by atoms with Crippen molar-refractivity contribution in [2.24, 2.45) is 0 Å². The second-order valence-electron chi connectivity index (χ2n) is 3.36. The maximum Gasteiger partial charge on any atom is 0.291 e. The summed E-state index contributed by atoms with van der Waals surface area (Å²) in [6.07, 6.45) is 3.42. The monoisotopic (exact) mass is 209 g/mol. The standard InChI is InChI=1S/C9H11N3O3/c1-10-9-8(15-7-2-3-7)4-6(5-11-9)12(13)14/h4-5,7H,2-3H2,1H3,(H,10,11). The van der Waals surface area contributed by atoms with Crippen molar-refractivity contribution in [3.05, 3.63) is 22.4 Å². The van der Waals surface area contributed by atoms with Gasteiger partial charge in [-0.15, -0.1) is 0 Å². The third-order valence-electron chi connectivity index (χ3n) is 2.10. The summed E-state index contributed by atoms with van der Waals surface area (Å²) >= 11 is 0. The number of pyridine rings is 1. The van der Waals surface area contributed by atoms with Gasteiger partial charge in [0.2, 0.25) is 0 Å². The van der Waals surface area contributed by atoms with Crippen LogP contribution < -0.4 is 10.1 Å². The Labute approximate surface area is 86.4 Å². The van der Waals surface area contributed by atoms with Gasteiger partial charge < -0.3 is 10.1 Å². The van der Waals surface area contributed by atoms with Crippen LogP contribution in [-0.4, -0.2) is 23.1 Å². The number of rotatable bonds is 4.